The summed E-state index contributed by atoms with van der Waals surface area (Å²) in [5.41, 5.74) is 0. The lowest BCUT2D eigenvalue weighted by Gasteiger charge is -2.03. The van der Waals surface area contributed by atoms with Gasteiger partial charge in [0.2, 0.25) is 0 Å². The highest BCUT2D eigenvalue weighted by molar-refractivity contribution is 7.10. The second kappa shape index (κ2) is 4.35. The van der Waals surface area contributed by atoms with Crippen LogP contribution in [0.25, 0.3) is 0 Å². The predicted molar refractivity (Wildman–Crippen MR) is 61.4 cm³/mol. The monoisotopic (exact) mass is 223 g/mol. The molecule has 0 bridgehead atoms. The summed E-state index contributed by atoms with van der Waals surface area (Å²) in [6.07, 6.45) is 1.91. The van der Waals surface area contributed by atoms with Crippen molar-refractivity contribution in [3.63, 3.8) is 0 Å². The Kier molecular flexibility index (Phi) is 2.91. The first-order valence-electron chi connectivity index (χ1n) is 4.63. The van der Waals surface area contributed by atoms with E-state index in [4.69, 9.17) is 4.74 Å². The zero-order valence-corrected chi connectivity index (χ0v) is 9.54. The predicted octanol–water partition coefficient (Wildman–Crippen LogP) is 2.10. The molecule has 2 aromatic rings. The van der Waals surface area contributed by atoms with E-state index < -0.39 is 0 Å². The molecule has 0 aliphatic rings. The van der Waals surface area contributed by atoms with Gasteiger partial charge in [-0.05, 0) is 11.4 Å². The van der Waals surface area contributed by atoms with Gasteiger partial charge in [0.15, 0.2) is 0 Å². The quantitative estimate of drug-likeness (QED) is 0.862. The van der Waals surface area contributed by atoms with Gasteiger partial charge < -0.3 is 10.1 Å². The number of ether oxygens (including phenoxy) is 1. The smallest absolute Gasteiger partial charge is 0.148 e. The van der Waals surface area contributed by atoms with E-state index in [0.717, 1.165) is 18.1 Å². The molecular weight excluding hydrogens is 210 g/mol. The SMILES string of the molecule is COc1ccsc1CNc1ccn(C)n1. The van der Waals surface area contributed by atoms with Crippen molar-refractivity contribution in [1.29, 1.82) is 0 Å². The molecule has 2 aromatic heterocycles. The lowest BCUT2D eigenvalue weighted by Crippen LogP contribution is -2.00. The van der Waals surface area contributed by atoms with Gasteiger partial charge in [0.1, 0.15) is 11.6 Å². The lowest BCUT2D eigenvalue weighted by atomic mass is 10.4. The molecule has 5 heteroatoms. The highest BCUT2D eigenvalue weighted by Gasteiger charge is 2.04. The summed E-state index contributed by atoms with van der Waals surface area (Å²) in [6, 6.07) is 3.92. The van der Waals surface area contributed by atoms with E-state index in [2.05, 4.69) is 10.4 Å². The van der Waals surface area contributed by atoms with E-state index >= 15 is 0 Å². The van der Waals surface area contributed by atoms with Crippen molar-refractivity contribution < 1.29 is 4.74 Å². The molecule has 1 N–H and O–H groups in total. The Hall–Kier alpha value is -1.49. The van der Waals surface area contributed by atoms with Gasteiger partial charge in [-0.2, -0.15) is 5.10 Å². The average Bonchev–Trinajstić information content (AvgIpc) is 2.83. The van der Waals surface area contributed by atoms with Gasteiger partial charge in [-0.25, -0.2) is 0 Å². The van der Waals surface area contributed by atoms with E-state index in [1.54, 1.807) is 23.1 Å². The average molecular weight is 223 g/mol. The number of aromatic nitrogens is 2. The fourth-order valence-corrected chi connectivity index (χ4v) is 2.10. The van der Waals surface area contributed by atoms with Gasteiger partial charge in [0, 0.05) is 19.3 Å². The van der Waals surface area contributed by atoms with Crippen molar-refractivity contribution in [2.24, 2.45) is 7.05 Å². The van der Waals surface area contributed by atoms with E-state index in [1.165, 1.54) is 4.88 Å². The highest BCUT2D eigenvalue weighted by Crippen LogP contribution is 2.24. The van der Waals surface area contributed by atoms with Gasteiger partial charge in [-0.1, -0.05) is 0 Å². The topological polar surface area (TPSA) is 39.1 Å². The van der Waals surface area contributed by atoms with Crippen LogP contribution in [0.3, 0.4) is 0 Å². The number of nitrogens with zero attached hydrogens (tertiary/aromatic N) is 2. The molecular formula is C10H13N3OS. The minimum atomic E-state index is 0.748. The number of anilines is 1. The maximum atomic E-state index is 5.22. The Morgan fingerprint density at radius 2 is 2.40 bits per heavy atom. The molecule has 4 nitrogen and oxygen atoms in total. The summed E-state index contributed by atoms with van der Waals surface area (Å²) in [7, 11) is 3.59. The summed E-state index contributed by atoms with van der Waals surface area (Å²) < 4.78 is 7.00. The van der Waals surface area contributed by atoms with Crippen LogP contribution in [0.15, 0.2) is 23.7 Å². The highest BCUT2D eigenvalue weighted by atomic mass is 32.1. The molecule has 0 radical (unpaired) electrons. The van der Waals surface area contributed by atoms with Crippen molar-refractivity contribution in [3.05, 3.63) is 28.6 Å². The third-order valence-corrected chi connectivity index (χ3v) is 2.97. The van der Waals surface area contributed by atoms with E-state index in [1.807, 2.05) is 30.8 Å². The van der Waals surface area contributed by atoms with Gasteiger partial charge in [-0.15, -0.1) is 11.3 Å². The molecule has 0 aliphatic heterocycles. The molecule has 0 saturated carbocycles. The Morgan fingerprint density at radius 1 is 1.53 bits per heavy atom. The van der Waals surface area contributed by atoms with Gasteiger partial charge in [0.05, 0.1) is 18.5 Å². The minimum absolute atomic E-state index is 0.748. The van der Waals surface area contributed by atoms with E-state index in [0.29, 0.717) is 0 Å². The fraction of sp³-hybridized carbons (Fsp3) is 0.300. The summed E-state index contributed by atoms with van der Waals surface area (Å²) in [4.78, 5) is 1.18. The van der Waals surface area contributed by atoms with Crippen LogP contribution >= 0.6 is 11.3 Å². The Labute approximate surface area is 92.5 Å². The third-order valence-electron chi connectivity index (χ3n) is 2.07. The second-order valence-electron chi connectivity index (χ2n) is 3.14. The molecule has 0 atom stereocenters. The maximum absolute atomic E-state index is 5.22. The van der Waals surface area contributed by atoms with Crippen LogP contribution < -0.4 is 10.1 Å². The number of hydrogen-bond acceptors (Lipinski definition) is 4. The molecule has 0 amide bonds. The van der Waals surface area contributed by atoms with Crippen molar-refractivity contribution in [1.82, 2.24) is 9.78 Å². The van der Waals surface area contributed by atoms with Crippen molar-refractivity contribution >= 4 is 17.2 Å². The number of hydrogen-bond donors (Lipinski definition) is 1. The van der Waals surface area contributed by atoms with Crippen LogP contribution in [0.5, 0.6) is 5.75 Å². The summed E-state index contributed by atoms with van der Waals surface area (Å²) >= 11 is 1.68. The van der Waals surface area contributed by atoms with Crippen LogP contribution in [0.2, 0.25) is 0 Å². The van der Waals surface area contributed by atoms with E-state index in [9.17, 15) is 0 Å². The van der Waals surface area contributed by atoms with E-state index in [-0.39, 0.29) is 0 Å². The number of rotatable bonds is 4. The van der Waals surface area contributed by atoms with Crippen LogP contribution in [-0.2, 0) is 13.6 Å². The normalized spacial score (nSPS) is 10.3. The van der Waals surface area contributed by atoms with Gasteiger partial charge in [-0.3, -0.25) is 4.68 Å². The molecule has 15 heavy (non-hydrogen) atoms. The standard InChI is InChI=1S/C10H13N3OS/c1-13-5-3-10(12-13)11-7-9-8(14-2)4-6-15-9/h3-6H,7H2,1-2H3,(H,11,12). The number of aryl methyl sites for hydroxylation is 1. The molecule has 0 spiro atoms. The lowest BCUT2D eigenvalue weighted by molar-refractivity contribution is 0.413. The Balaban J connectivity index is 1.98. The first kappa shape index (κ1) is 10.0. The van der Waals surface area contributed by atoms with Crippen LogP contribution in [0.4, 0.5) is 5.82 Å². The first-order chi connectivity index (χ1) is 7.29. The molecule has 80 valence electrons. The third kappa shape index (κ3) is 2.30. The summed E-state index contributed by atoms with van der Waals surface area (Å²) in [6.45, 7) is 0.748. The second-order valence-corrected chi connectivity index (χ2v) is 4.14. The summed E-state index contributed by atoms with van der Waals surface area (Å²) in [5, 5.41) is 9.50. The number of thiophene rings is 1. The van der Waals surface area contributed by atoms with Crippen molar-refractivity contribution in [3.8, 4) is 5.75 Å². The maximum Gasteiger partial charge on any atom is 0.148 e. The number of methoxy groups -OCH3 is 1. The van der Waals surface area contributed by atoms with Crippen molar-refractivity contribution in [2.75, 3.05) is 12.4 Å². The van der Waals surface area contributed by atoms with Crippen LogP contribution in [-0.4, -0.2) is 16.9 Å². The Bertz CT molecular complexity index is 435. The molecule has 0 aliphatic carbocycles. The van der Waals surface area contributed by atoms with Gasteiger partial charge >= 0.3 is 0 Å². The zero-order chi connectivity index (χ0) is 10.7. The first-order valence-corrected chi connectivity index (χ1v) is 5.51. The molecule has 0 saturated heterocycles. The Morgan fingerprint density at radius 3 is 3.07 bits per heavy atom. The summed E-state index contributed by atoms with van der Waals surface area (Å²) in [5.74, 6) is 1.82. The molecule has 0 fully saturated rings. The zero-order valence-electron chi connectivity index (χ0n) is 8.73. The van der Waals surface area contributed by atoms with Crippen molar-refractivity contribution in [2.45, 2.75) is 6.54 Å². The number of nitrogens with one attached hydrogen (secondary N) is 1. The van der Waals surface area contributed by atoms with Gasteiger partial charge in [0.25, 0.3) is 0 Å². The molecule has 0 aromatic carbocycles. The molecule has 0 unspecified atom stereocenters. The van der Waals surface area contributed by atoms with Crippen LogP contribution in [0.1, 0.15) is 4.88 Å². The largest absolute Gasteiger partial charge is 0.496 e. The molecule has 2 rings (SSSR count). The molecule has 2 heterocycles. The van der Waals surface area contributed by atoms with Crippen LogP contribution in [0, 0.1) is 0 Å². The fourth-order valence-electron chi connectivity index (χ4n) is 1.32. The minimum Gasteiger partial charge on any atom is -0.496 e.